The molecule has 6 heteroatoms. The molecule has 0 atom stereocenters. The predicted molar refractivity (Wildman–Crippen MR) is 50.6 cm³/mol. The number of hydrogen-bond donors (Lipinski definition) is 0. The van der Waals surface area contributed by atoms with E-state index in [1.165, 1.54) is 23.2 Å². The molecule has 0 saturated carbocycles. The lowest BCUT2D eigenvalue weighted by molar-refractivity contribution is 0.379. The summed E-state index contributed by atoms with van der Waals surface area (Å²) in [6.07, 6.45) is 9.61. The summed E-state index contributed by atoms with van der Waals surface area (Å²) in [7, 11) is 0. The minimum atomic E-state index is -0.603. The van der Waals surface area contributed by atoms with Gasteiger partial charge in [0.05, 0.1) is 12.7 Å². The Kier molecular flexibility index (Phi) is 2.29. The zero-order valence-electron chi connectivity index (χ0n) is 7.62. The Bertz CT molecular complexity index is 549. The molecule has 74 valence electrons. The monoisotopic (exact) mass is 202 g/mol. The van der Waals surface area contributed by atoms with Crippen molar-refractivity contribution < 1.29 is 4.52 Å². The van der Waals surface area contributed by atoms with Gasteiger partial charge in [-0.1, -0.05) is 11.1 Å². The smallest absolute Gasteiger partial charge is 0.295 e. The van der Waals surface area contributed by atoms with Gasteiger partial charge in [0, 0.05) is 12.4 Å². The molecule has 0 N–H and O–H groups in total. The number of nitrogens with zero attached hydrogens (tertiary/aromatic N) is 4. The van der Waals surface area contributed by atoms with Crippen LogP contribution < -0.4 is 5.76 Å². The summed E-state index contributed by atoms with van der Waals surface area (Å²) in [6, 6.07) is 0. The maximum absolute atomic E-state index is 11.2. The second kappa shape index (κ2) is 3.75. The van der Waals surface area contributed by atoms with Crippen LogP contribution in [0.15, 0.2) is 27.9 Å². The van der Waals surface area contributed by atoms with Crippen molar-refractivity contribution in [2.75, 3.05) is 0 Å². The molecule has 0 fully saturated rings. The highest BCUT2D eigenvalue weighted by atomic mass is 16.5. The van der Waals surface area contributed by atoms with Crippen molar-refractivity contribution in [3.63, 3.8) is 0 Å². The van der Waals surface area contributed by atoms with E-state index in [0.29, 0.717) is 5.69 Å². The first kappa shape index (κ1) is 9.15. The zero-order chi connectivity index (χ0) is 10.7. The summed E-state index contributed by atoms with van der Waals surface area (Å²) in [6.45, 7) is 0.0915. The number of terminal acetylenes is 1. The molecule has 0 saturated heterocycles. The predicted octanol–water partition coefficient (Wildman–Crippen LogP) is -0.0735. The Balaban J connectivity index is 2.55. The van der Waals surface area contributed by atoms with Gasteiger partial charge in [-0.25, -0.2) is 14.3 Å². The highest BCUT2D eigenvalue weighted by molar-refractivity contribution is 5.46. The average Bonchev–Trinajstić information content (AvgIpc) is 2.63. The number of aromatic nitrogens is 4. The van der Waals surface area contributed by atoms with Gasteiger partial charge in [0.2, 0.25) is 5.82 Å². The van der Waals surface area contributed by atoms with Crippen molar-refractivity contribution in [3.8, 4) is 23.9 Å². The van der Waals surface area contributed by atoms with Crippen LogP contribution in [0.3, 0.4) is 0 Å². The topological polar surface area (TPSA) is 73.8 Å². The molecule has 2 aromatic heterocycles. The third-order valence-corrected chi connectivity index (χ3v) is 1.73. The second-order valence-corrected chi connectivity index (χ2v) is 2.65. The Labute approximate surface area is 84.6 Å². The molecule has 2 aromatic rings. The van der Waals surface area contributed by atoms with Gasteiger partial charge in [-0.2, -0.15) is 0 Å². The van der Waals surface area contributed by atoms with Gasteiger partial charge in [0.25, 0.3) is 0 Å². The normalized spacial score (nSPS) is 9.80. The third-order valence-electron chi connectivity index (χ3n) is 1.73. The third kappa shape index (κ3) is 1.62. The van der Waals surface area contributed by atoms with Crippen molar-refractivity contribution in [2.45, 2.75) is 6.54 Å². The van der Waals surface area contributed by atoms with Crippen LogP contribution in [0.1, 0.15) is 0 Å². The first-order valence-corrected chi connectivity index (χ1v) is 4.09. The Morgan fingerprint density at radius 3 is 3.07 bits per heavy atom. The molecule has 6 nitrogen and oxygen atoms in total. The van der Waals surface area contributed by atoms with Crippen molar-refractivity contribution in [2.24, 2.45) is 0 Å². The fourth-order valence-corrected chi connectivity index (χ4v) is 1.10. The van der Waals surface area contributed by atoms with Crippen LogP contribution in [0, 0.1) is 12.3 Å². The molecular formula is C9H6N4O2. The van der Waals surface area contributed by atoms with E-state index < -0.39 is 5.76 Å². The van der Waals surface area contributed by atoms with E-state index in [-0.39, 0.29) is 12.4 Å². The van der Waals surface area contributed by atoms with E-state index in [0.717, 1.165) is 0 Å². The highest BCUT2D eigenvalue weighted by Crippen LogP contribution is 2.09. The molecule has 0 aliphatic rings. The maximum atomic E-state index is 11.2. The van der Waals surface area contributed by atoms with E-state index in [1.807, 2.05) is 0 Å². The van der Waals surface area contributed by atoms with Crippen LogP contribution in [-0.2, 0) is 6.54 Å². The minimum absolute atomic E-state index is 0.0915. The van der Waals surface area contributed by atoms with Crippen molar-refractivity contribution >= 4 is 0 Å². The Morgan fingerprint density at radius 2 is 2.40 bits per heavy atom. The van der Waals surface area contributed by atoms with Gasteiger partial charge in [-0.3, -0.25) is 9.51 Å². The summed E-state index contributed by atoms with van der Waals surface area (Å²) in [5.41, 5.74) is 0.443. The fourth-order valence-electron chi connectivity index (χ4n) is 1.10. The molecule has 0 spiro atoms. The Morgan fingerprint density at radius 1 is 1.53 bits per heavy atom. The van der Waals surface area contributed by atoms with E-state index in [9.17, 15) is 4.79 Å². The largest absolute Gasteiger partial charge is 0.442 e. The first-order chi connectivity index (χ1) is 7.33. The average molecular weight is 202 g/mol. The quantitative estimate of drug-likeness (QED) is 0.637. The zero-order valence-corrected chi connectivity index (χ0v) is 7.62. The van der Waals surface area contributed by atoms with Crippen LogP contribution in [0.4, 0.5) is 0 Å². The van der Waals surface area contributed by atoms with E-state index in [2.05, 4.69) is 25.6 Å². The number of rotatable bonds is 2. The standard InChI is InChI=1S/C9H6N4O2/c1-2-5-13-8(12-15-9(13)14)7-6-10-3-4-11-7/h1,3-4,6H,5H2. The van der Waals surface area contributed by atoms with Crippen LogP contribution in [-0.4, -0.2) is 19.7 Å². The van der Waals surface area contributed by atoms with Gasteiger partial charge in [-0.15, -0.1) is 6.42 Å². The molecule has 0 aliphatic carbocycles. The Hall–Kier alpha value is -2.42. The lowest BCUT2D eigenvalue weighted by atomic mass is 10.4. The van der Waals surface area contributed by atoms with E-state index in [1.54, 1.807) is 0 Å². The van der Waals surface area contributed by atoms with Crippen molar-refractivity contribution in [1.82, 2.24) is 19.7 Å². The summed E-state index contributed by atoms with van der Waals surface area (Å²) >= 11 is 0. The lowest BCUT2D eigenvalue weighted by Gasteiger charge is -1.97. The van der Waals surface area contributed by atoms with E-state index in [4.69, 9.17) is 6.42 Å². The molecule has 2 heterocycles. The lowest BCUT2D eigenvalue weighted by Crippen LogP contribution is -2.14. The molecule has 0 amide bonds. The SMILES string of the molecule is C#CCn1c(-c2cnccn2)noc1=O. The molecular weight excluding hydrogens is 196 g/mol. The molecule has 2 rings (SSSR count). The number of hydrogen-bond acceptors (Lipinski definition) is 5. The summed E-state index contributed by atoms with van der Waals surface area (Å²) in [5.74, 6) is 2.02. The summed E-state index contributed by atoms with van der Waals surface area (Å²) < 4.78 is 5.71. The van der Waals surface area contributed by atoms with Gasteiger partial charge in [-0.05, 0) is 0 Å². The van der Waals surface area contributed by atoms with Crippen molar-refractivity contribution in [1.29, 1.82) is 0 Å². The first-order valence-electron chi connectivity index (χ1n) is 4.09. The highest BCUT2D eigenvalue weighted by Gasteiger charge is 2.12. The van der Waals surface area contributed by atoms with Gasteiger partial charge in [0.15, 0.2) is 0 Å². The fraction of sp³-hybridized carbons (Fsp3) is 0.111. The summed E-state index contributed by atoms with van der Waals surface area (Å²) in [5, 5.41) is 3.58. The van der Waals surface area contributed by atoms with E-state index >= 15 is 0 Å². The molecule has 0 radical (unpaired) electrons. The second-order valence-electron chi connectivity index (χ2n) is 2.65. The molecule has 0 aliphatic heterocycles. The van der Waals surface area contributed by atoms with Gasteiger partial charge >= 0.3 is 5.76 Å². The van der Waals surface area contributed by atoms with Gasteiger partial charge < -0.3 is 0 Å². The van der Waals surface area contributed by atoms with Crippen molar-refractivity contribution in [3.05, 3.63) is 29.1 Å². The van der Waals surface area contributed by atoms with Crippen LogP contribution in [0.25, 0.3) is 11.5 Å². The van der Waals surface area contributed by atoms with Gasteiger partial charge in [0.1, 0.15) is 5.69 Å². The molecule has 15 heavy (non-hydrogen) atoms. The van der Waals surface area contributed by atoms with Crippen LogP contribution in [0.5, 0.6) is 0 Å². The molecule has 0 bridgehead atoms. The van der Waals surface area contributed by atoms with Crippen LogP contribution >= 0.6 is 0 Å². The van der Waals surface area contributed by atoms with Crippen LogP contribution in [0.2, 0.25) is 0 Å². The molecule has 0 unspecified atom stereocenters. The minimum Gasteiger partial charge on any atom is -0.295 e. The maximum Gasteiger partial charge on any atom is 0.442 e. The molecule has 0 aromatic carbocycles. The summed E-state index contributed by atoms with van der Waals surface area (Å²) in [4.78, 5) is 19.0.